The van der Waals surface area contributed by atoms with E-state index in [0.29, 0.717) is 27.5 Å². The summed E-state index contributed by atoms with van der Waals surface area (Å²) >= 11 is 0. The Hall–Kier alpha value is -7.17. The molecule has 4 rings (SSSR count). The van der Waals surface area contributed by atoms with Crippen LogP contribution in [0.4, 0.5) is 8.78 Å². The van der Waals surface area contributed by atoms with E-state index < -0.39 is 133 Å². The number of nitrogens with zero attached hydrogens (tertiary/aromatic N) is 4. The molecule has 8 amide bonds. The van der Waals surface area contributed by atoms with Gasteiger partial charge in [0, 0.05) is 61.2 Å². The topological polar surface area (TPSA) is 297 Å². The average Bonchev–Trinajstić information content (AvgIpc) is 3.88. The van der Waals surface area contributed by atoms with Crippen molar-refractivity contribution >= 4 is 53.2 Å². The summed E-state index contributed by atoms with van der Waals surface area (Å²) in [5.74, 6) is -10.3. The number of nitrogens with two attached hydrogens (primary N) is 2. The van der Waals surface area contributed by atoms with Crippen molar-refractivity contribution in [3.8, 4) is 11.1 Å². The summed E-state index contributed by atoms with van der Waals surface area (Å²) in [6.07, 6.45) is 3.22. The summed E-state index contributed by atoms with van der Waals surface area (Å²) < 4.78 is 31.5. The van der Waals surface area contributed by atoms with Crippen molar-refractivity contribution in [3.05, 3.63) is 95.8 Å². The molecule has 0 saturated carbocycles. The number of aliphatic hydroxyl groups is 1. The number of carbonyl (C=O) groups is 9. The second-order valence-corrected chi connectivity index (χ2v) is 19.2. The van der Waals surface area contributed by atoms with Crippen LogP contribution in [0.5, 0.6) is 0 Å². The quantitative estimate of drug-likeness (QED) is 0.0449. The number of carboxylic acids is 1. The SMILES string of the molecule is CC(C)[C@H](NC(=O)CN1C(=O)C=CC1=O)C(=O)N[C@@H](C)C(=O)N(C(=O)CCNC(=O)[C@@H](N)CCN(C(=O)CO)[C@@H](c1cc(-c2cc(F)ccc2F)cn1Cc1ccccc1)C(C)(C)C)[C@@H](CCCCN)C(=O)O. The van der Waals surface area contributed by atoms with Crippen LogP contribution < -0.4 is 27.4 Å². The highest BCUT2D eigenvalue weighted by molar-refractivity contribution is 6.14. The van der Waals surface area contributed by atoms with Gasteiger partial charge in [-0.2, -0.15) is 0 Å². The molecule has 0 spiro atoms. The molecular formula is C51H67F2N9O11. The summed E-state index contributed by atoms with van der Waals surface area (Å²) in [7, 11) is 0. The highest BCUT2D eigenvalue weighted by Crippen LogP contribution is 2.41. The van der Waals surface area contributed by atoms with Gasteiger partial charge in [-0.1, -0.05) is 65.0 Å². The Morgan fingerprint density at radius 2 is 1.51 bits per heavy atom. The van der Waals surface area contributed by atoms with Crippen molar-refractivity contribution in [1.82, 2.24) is 35.2 Å². The number of carboxylic acid groups (broad SMARTS) is 1. The third-order valence-electron chi connectivity index (χ3n) is 12.1. The number of aliphatic carboxylic acids is 1. The van der Waals surface area contributed by atoms with E-state index in [0.717, 1.165) is 35.9 Å². The number of halogens is 2. The number of aromatic nitrogens is 1. The second kappa shape index (κ2) is 26.5. The van der Waals surface area contributed by atoms with Crippen LogP contribution in [0.3, 0.4) is 0 Å². The van der Waals surface area contributed by atoms with Crippen LogP contribution in [0.15, 0.2) is 72.9 Å². The first-order chi connectivity index (χ1) is 34.4. The predicted octanol–water partition coefficient (Wildman–Crippen LogP) is 2.12. The average molecular weight is 1020 g/mol. The van der Waals surface area contributed by atoms with E-state index in [-0.39, 0.29) is 44.5 Å². The first-order valence-corrected chi connectivity index (χ1v) is 23.9. The molecule has 0 fully saturated rings. The number of hydrogen-bond donors (Lipinski definition) is 7. The fraction of sp³-hybridized carbons (Fsp3) is 0.471. The molecule has 22 heteroatoms. The van der Waals surface area contributed by atoms with E-state index in [4.69, 9.17) is 11.5 Å². The molecule has 0 radical (unpaired) electrons. The van der Waals surface area contributed by atoms with E-state index in [2.05, 4.69) is 16.0 Å². The zero-order valence-electron chi connectivity index (χ0n) is 41.9. The van der Waals surface area contributed by atoms with Gasteiger partial charge in [-0.25, -0.2) is 13.6 Å². The third kappa shape index (κ3) is 15.9. The number of carbonyl (C=O) groups excluding carboxylic acids is 8. The molecule has 73 heavy (non-hydrogen) atoms. The normalized spacial score (nSPS) is 14.5. The smallest absolute Gasteiger partial charge is 0.326 e. The van der Waals surface area contributed by atoms with Crippen LogP contribution in [0.2, 0.25) is 0 Å². The number of rotatable bonds is 26. The fourth-order valence-corrected chi connectivity index (χ4v) is 8.41. The number of nitrogens with one attached hydrogen (secondary N) is 3. The highest BCUT2D eigenvalue weighted by Gasteiger charge is 2.40. The molecule has 5 atom stereocenters. The van der Waals surface area contributed by atoms with Gasteiger partial charge < -0.3 is 47.1 Å². The summed E-state index contributed by atoms with van der Waals surface area (Å²) in [4.78, 5) is 121. The van der Waals surface area contributed by atoms with Gasteiger partial charge >= 0.3 is 5.97 Å². The molecule has 1 aromatic heterocycles. The molecule has 0 unspecified atom stereocenters. The number of unbranched alkanes of at least 4 members (excludes halogenated alkanes) is 1. The Labute approximate surface area is 422 Å². The lowest BCUT2D eigenvalue weighted by molar-refractivity contribution is -0.159. The number of benzene rings is 2. The monoisotopic (exact) mass is 1020 g/mol. The predicted molar refractivity (Wildman–Crippen MR) is 263 cm³/mol. The zero-order valence-corrected chi connectivity index (χ0v) is 41.9. The minimum absolute atomic E-state index is 0.0115. The molecular weight excluding hydrogens is 953 g/mol. The molecule has 1 aliphatic heterocycles. The van der Waals surface area contributed by atoms with E-state index in [1.54, 1.807) is 26.1 Å². The van der Waals surface area contributed by atoms with E-state index >= 15 is 4.39 Å². The van der Waals surface area contributed by atoms with Crippen LogP contribution in [-0.2, 0) is 49.7 Å². The van der Waals surface area contributed by atoms with Crippen molar-refractivity contribution in [2.24, 2.45) is 22.8 Å². The first-order valence-electron chi connectivity index (χ1n) is 23.9. The number of aliphatic hydroxyl groups excluding tert-OH is 1. The Bertz CT molecular complexity index is 2510. The molecule has 0 bridgehead atoms. The maximum absolute atomic E-state index is 15.2. The molecule has 9 N–H and O–H groups in total. The van der Waals surface area contributed by atoms with Gasteiger partial charge in [0.2, 0.25) is 29.5 Å². The van der Waals surface area contributed by atoms with Crippen LogP contribution in [0.25, 0.3) is 11.1 Å². The summed E-state index contributed by atoms with van der Waals surface area (Å²) in [6, 6.07) is 7.36. The molecule has 2 heterocycles. The van der Waals surface area contributed by atoms with Crippen LogP contribution >= 0.6 is 0 Å². The molecule has 3 aromatic rings. The lowest BCUT2D eigenvalue weighted by atomic mass is 9.82. The lowest BCUT2D eigenvalue weighted by Crippen LogP contribution is -2.59. The van der Waals surface area contributed by atoms with Crippen molar-refractivity contribution in [2.75, 3.05) is 32.8 Å². The number of amides is 8. The maximum Gasteiger partial charge on any atom is 0.326 e. The van der Waals surface area contributed by atoms with Crippen LogP contribution in [-0.4, -0.2) is 140 Å². The van der Waals surface area contributed by atoms with Crippen molar-refractivity contribution in [2.45, 2.75) is 110 Å². The number of imide groups is 2. The zero-order chi connectivity index (χ0) is 54.3. The van der Waals surface area contributed by atoms with E-state index in [1.807, 2.05) is 55.7 Å². The lowest BCUT2D eigenvalue weighted by Gasteiger charge is -2.41. The molecule has 20 nitrogen and oxygen atoms in total. The van der Waals surface area contributed by atoms with Gasteiger partial charge in [0.1, 0.15) is 42.9 Å². The second-order valence-electron chi connectivity index (χ2n) is 19.2. The van der Waals surface area contributed by atoms with E-state index in [9.17, 15) is 57.8 Å². The summed E-state index contributed by atoms with van der Waals surface area (Å²) in [5.41, 5.74) is 12.9. The molecule has 1 aliphatic rings. The Morgan fingerprint density at radius 3 is 2.10 bits per heavy atom. The minimum Gasteiger partial charge on any atom is -0.480 e. The minimum atomic E-state index is -1.71. The Kier molecular flexibility index (Phi) is 21.2. The molecule has 0 aliphatic carbocycles. The Morgan fingerprint density at radius 1 is 0.849 bits per heavy atom. The van der Waals surface area contributed by atoms with Crippen molar-refractivity contribution < 1.29 is 62.1 Å². The molecule has 396 valence electrons. The van der Waals surface area contributed by atoms with Gasteiger partial charge in [-0.15, -0.1) is 0 Å². The summed E-state index contributed by atoms with van der Waals surface area (Å²) in [5, 5.41) is 27.9. The Balaban J connectivity index is 1.51. The van der Waals surface area contributed by atoms with Crippen LogP contribution in [0, 0.1) is 23.0 Å². The molecule has 0 saturated heterocycles. The van der Waals surface area contributed by atoms with Crippen LogP contribution in [0.1, 0.15) is 90.9 Å². The van der Waals surface area contributed by atoms with Gasteiger partial charge in [0.25, 0.3) is 17.7 Å². The van der Waals surface area contributed by atoms with Gasteiger partial charge in [-0.05, 0) is 80.3 Å². The number of hydrogen-bond acceptors (Lipinski definition) is 12. The standard InChI is InChI=1S/C51H67F2N9O11/c1-30(2)45(58-40(64)28-61-41(65)17-18-42(61)66)48(70)57-31(3)49(71)62(38(50(72)73)14-10-11-21-54)43(67)19-22-56-47(69)37(55)20-23-60(44(68)29-63)46(51(4,5)6)39-24-33(35-25-34(52)15-16-36(35)53)27-59(39)26-32-12-8-7-9-13-32/h7-9,12-13,15-18,24-25,27,30-31,37-38,45-46,63H,10-11,14,19-23,26,28-29,54-55H2,1-6H3,(H,56,69)(H,57,70)(H,58,64)(H,72,73)/t31-,37-,38-,45-,46-/m0/s1. The maximum atomic E-state index is 15.2. The van der Waals surface area contributed by atoms with Gasteiger partial charge in [-0.3, -0.25) is 48.2 Å². The van der Waals surface area contributed by atoms with E-state index in [1.165, 1.54) is 11.8 Å². The molecule has 2 aromatic carbocycles. The largest absolute Gasteiger partial charge is 0.480 e. The third-order valence-corrected chi connectivity index (χ3v) is 12.1. The van der Waals surface area contributed by atoms with Crippen molar-refractivity contribution in [3.63, 3.8) is 0 Å². The van der Waals surface area contributed by atoms with Gasteiger partial charge in [0.05, 0.1) is 12.1 Å². The highest BCUT2D eigenvalue weighted by atomic mass is 19.1. The fourth-order valence-electron chi connectivity index (χ4n) is 8.41. The van der Waals surface area contributed by atoms with Crippen molar-refractivity contribution in [1.29, 1.82) is 0 Å². The van der Waals surface area contributed by atoms with Gasteiger partial charge in [0.15, 0.2) is 0 Å². The first kappa shape index (κ1) is 58.4. The summed E-state index contributed by atoms with van der Waals surface area (Å²) in [6.45, 7) is 8.17.